The maximum absolute atomic E-state index is 14.0. The molecule has 0 bridgehead atoms. The first-order valence-corrected chi connectivity index (χ1v) is 6.98. The van der Waals surface area contributed by atoms with Gasteiger partial charge in [-0.3, -0.25) is 0 Å². The van der Waals surface area contributed by atoms with Crippen LogP contribution in [0.25, 0.3) is 0 Å². The van der Waals surface area contributed by atoms with E-state index in [1.807, 2.05) is 19.9 Å². The summed E-state index contributed by atoms with van der Waals surface area (Å²) >= 11 is 0. The van der Waals surface area contributed by atoms with E-state index in [9.17, 15) is 4.39 Å². The summed E-state index contributed by atoms with van der Waals surface area (Å²) in [4.78, 5) is 0. The summed E-state index contributed by atoms with van der Waals surface area (Å²) in [7, 11) is 0. The Hall–Kier alpha value is -1.13. The zero-order chi connectivity index (χ0) is 13.7. The number of benzene rings is 1. The van der Waals surface area contributed by atoms with Crippen molar-refractivity contribution in [1.29, 1.82) is 0 Å². The largest absolute Gasteiger partial charge is 0.487 e. The van der Waals surface area contributed by atoms with Gasteiger partial charge < -0.3 is 14.8 Å². The molecule has 3 nitrogen and oxygen atoms in total. The predicted molar refractivity (Wildman–Crippen MR) is 73.0 cm³/mol. The summed E-state index contributed by atoms with van der Waals surface area (Å²) in [5.74, 6) is 0.108. The van der Waals surface area contributed by atoms with Crippen LogP contribution in [0.3, 0.4) is 0 Å². The Morgan fingerprint density at radius 3 is 2.84 bits per heavy atom. The minimum absolute atomic E-state index is 0.0539. The zero-order valence-corrected chi connectivity index (χ0v) is 11.6. The van der Waals surface area contributed by atoms with Crippen LogP contribution < -0.4 is 10.1 Å². The Morgan fingerprint density at radius 2 is 2.16 bits per heavy atom. The van der Waals surface area contributed by atoms with E-state index in [1.165, 1.54) is 6.07 Å². The molecule has 1 fully saturated rings. The number of hydrogen-bond acceptors (Lipinski definition) is 3. The van der Waals surface area contributed by atoms with Gasteiger partial charge in [0.15, 0.2) is 11.6 Å². The third-order valence-electron chi connectivity index (χ3n) is 3.43. The summed E-state index contributed by atoms with van der Waals surface area (Å²) in [5.41, 5.74) is 0.883. The first-order valence-electron chi connectivity index (χ1n) is 6.98. The topological polar surface area (TPSA) is 30.5 Å². The zero-order valence-electron chi connectivity index (χ0n) is 11.6. The van der Waals surface area contributed by atoms with Gasteiger partial charge in [0, 0.05) is 24.4 Å². The van der Waals surface area contributed by atoms with Crippen LogP contribution in [0.1, 0.15) is 38.3 Å². The van der Waals surface area contributed by atoms with E-state index < -0.39 is 0 Å². The predicted octanol–water partition coefficient (Wildman–Crippen LogP) is 3.05. The Kier molecular flexibility index (Phi) is 5.16. The molecule has 0 aromatic heterocycles. The molecule has 1 atom stereocenters. The Balaban J connectivity index is 2.16. The Bertz CT molecular complexity index is 405. The number of hydrogen-bond donors (Lipinski definition) is 1. The summed E-state index contributed by atoms with van der Waals surface area (Å²) in [6, 6.07) is 5.19. The third kappa shape index (κ3) is 3.67. The van der Waals surface area contributed by atoms with Gasteiger partial charge in [-0.15, -0.1) is 0 Å². The standard InChI is InChI=1S/C15H22FNO2/c1-3-17-11(2)13-5-4-6-14(16)15(13)19-12-7-9-18-10-8-12/h4-6,11-12,17H,3,7-10H2,1-2H3. The molecule has 0 aliphatic carbocycles. The molecule has 19 heavy (non-hydrogen) atoms. The van der Waals surface area contributed by atoms with E-state index >= 15 is 0 Å². The lowest BCUT2D eigenvalue weighted by atomic mass is 10.1. The molecule has 0 amide bonds. The molecule has 1 aliphatic rings. The van der Waals surface area contributed by atoms with Crippen LogP contribution in [0.5, 0.6) is 5.75 Å². The average molecular weight is 267 g/mol. The molecule has 106 valence electrons. The fraction of sp³-hybridized carbons (Fsp3) is 0.600. The summed E-state index contributed by atoms with van der Waals surface area (Å²) < 4.78 is 25.2. The quantitative estimate of drug-likeness (QED) is 0.889. The van der Waals surface area contributed by atoms with Crippen LogP contribution in [0.15, 0.2) is 18.2 Å². The molecule has 1 heterocycles. The van der Waals surface area contributed by atoms with Crippen LogP contribution in [0.2, 0.25) is 0 Å². The van der Waals surface area contributed by atoms with Gasteiger partial charge >= 0.3 is 0 Å². The van der Waals surface area contributed by atoms with Crippen molar-refractivity contribution in [2.45, 2.75) is 38.8 Å². The Labute approximate surface area is 114 Å². The van der Waals surface area contributed by atoms with Gasteiger partial charge in [0.1, 0.15) is 6.10 Å². The van der Waals surface area contributed by atoms with Gasteiger partial charge in [0.05, 0.1) is 13.2 Å². The molecule has 0 spiro atoms. The molecule has 1 unspecified atom stereocenters. The molecular weight excluding hydrogens is 245 g/mol. The molecule has 1 aromatic carbocycles. The lowest BCUT2D eigenvalue weighted by Gasteiger charge is -2.26. The van der Waals surface area contributed by atoms with Crippen molar-refractivity contribution in [3.63, 3.8) is 0 Å². The highest BCUT2D eigenvalue weighted by Gasteiger charge is 2.21. The minimum Gasteiger partial charge on any atom is -0.487 e. The van der Waals surface area contributed by atoms with E-state index in [0.717, 1.165) is 24.9 Å². The number of ether oxygens (including phenoxy) is 2. The van der Waals surface area contributed by atoms with Crippen LogP contribution in [0.4, 0.5) is 4.39 Å². The molecule has 1 aromatic rings. The second-order valence-electron chi connectivity index (χ2n) is 4.87. The maximum Gasteiger partial charge on any atom is 0.165 e. The van der Waals surface area contributed by atoms with Crippen LogP contribution in [-0.4, -0.2) is 25.9 Å². The van der Waals surface area contributed by atoms with E-state index in [4.69, 9.17) is 9.47 Å². The van der Waals surface area contributed by atoms with Crippen LogP contribution in [0, 0.1) is 5.82 Å². The van der Waals surface area contributed by atoms with Gasteiger partial charge in [-0.25, -0.2) is 4.39 Å². The van der Waals surface area contributed by atoms with Crippen molar-refractivity contribution in [2.24, 2.45) is 0 Å². The molecule has 1 N–H and O–H groups in total. The number of halogens is 1. The lowest BCUT2D eigenvalue weighted by Crippen LogP contribution is -2.27. The minimum atomic E-state index is -0.284. The van der Waals surface area contributed by atoms with Crippen molar-refractivity contribution in [2.75, 3.05) is 19.8 Å². The molecule has 0 radical (unpaired) electrons. The van der Waals surface area contributed by atoms with E-state index in [-0.39, 0.29) is 18.0 Å². The fourth-order valence-electron chi connectivity index (χ4n) is 2.37. The highest BCUT2D eigenvalue weighted by molar-refractivity contribution is 5.37. The van der Waals surface area contributed by atoms with Gasteiger partial charge in [-0.2, -0.15) is 0 Å². The summed E-state index contributed by atoms with van der Waals surface area (Å²) in [6.07, 6.45) is 1.70. The highest BCUT2D eigenvalue weighted by Crippen LogP contribution is 2.30. The van der Waals surface area contributed by atoms with Crippen molar-refractivity contribution in [3.8, 4) is 5.75 Å². The van der Waals surface area contributed by atoms with E-state index in [1.54, 1.807) is 6.07 Å². The van der Waals surface area contributed by atoms with Crippen molar-refractivity contribution in [3.05, 3.63) is 29.6 Å². The van der Waals surface area contributed by atoms with Gasteiger partial charge in [0.25, 0.3) is 0 Å². The molecule has 1 saturated heterocycles. The van der Waals surface area contributed by atoms with Gasteiger partial charge in [-0.1, -0.05) is 19.1 Å². The van der Waals surface area contributed by atoms with Gasteiger partial charge in [-0.05, 0) is 19.5 Å². The number of para-hydroxylation sites is 1. The van der Waals surface area contributed by atoms with Crippen molar-refractivity contribution in [1.82, 2.24) is 5.32 Å². The van der Waals surface area contributed by atoms with Crippen molar-refractivity contribution < 1.29 is 13.9 Å². The fourth-order valence-corrected chi connectivity index (χ4v) is 2.37. The number of rotatable bonds is 5. The monoisotopic (exact) mass is 267 g/mol. The van der Waals surface area contributed by atoms with Crippen LogP contribution in [-0.2, 0) is 4.74 Å². The average Bonchev–Trinajstić information content (AvgIpc) is 2.42. The smallest absolute Gasteiger partial charge is 0.165 e. The van der Waals surface area contributed by atoms with Crippen LogP contribution >= 0.6 is 0 Å². The second-order valence-corrected chi connectivity index (χ2v) is 4.87. The Morgan fingerprint density at radius 1 is 1.42 bits per heavy atom. The second kappa shape index (κ2) is 6.87. The van der Waals surface area contributed by atoms with E-state index in [2.05, 4.69) is 5.32 Å². The number of nitrogens with one attached hydrogen (secondary N) is 1. The summed E-state index contributed by atoms with van der Waals surface area (Å²) in [5, 5.41) is 3.30. The molecule has 1 aliphatic heterocycles. The van der Waals surface area contributed by atoms with E-state index in [0.29, 0.717) is 19.0 Å². The first-order chi connectivity index (χ1) is 9.22. The third-order valence-corrected chi connectivity index (χ3v) is 3.43. The molecule has 4 heteroatoms. The normalized spacial score (nSPS) is 18.3. The molecule has 2 rings (SSSR count). The maximum atomic E-state index is 14.0. The summed E-state index contributed by atoms with van der Waals surface area (Å²) in [6.45, 7) is 6.28. The SMILES string of the molecule is CCNC(C)c1cccc(F)c1OC1CCOCC1. The molecule has 0 saturated carbocycles. The lowest BCUT2D eigenvalue weighted by molar-refractivity contribution is 0.0234. The highest BCUT2D eigenvalue weighted by atomic mass is 19.1. The van der Waals surface area contributed by atoms with Gasteiger partial charge in [0.2, 0.25) is 0 Å². The molecular formula is C15H22FNO2. The first kappa shape index (κ1) is 14.3. The van der Waals surface area contributed by atoms with Crippen molar-refractivity contribution >= 4 is 0 Å².